The van der Waals surface area contributed by atoms with Crippen LogP contribution in [0.4, 0.5) is 0 Å². The van der Waals surface area contributed by atoms with E-state index >= 15 is 0 Å². The molecule has 0 radical (unpaired) electrons. The van der Waals surface area contributed by atoms with Crippen molar-refractivity contribution in [3.8, 4) is 0 Å². The van der Waals surface area contributed by atoms with Gasteiger partial charge in [0, 0.05) is 29.1 Å². The summed E-state index contributed by atoms with van der Waals surface area (Å²) in [6, 6.07) is 5.58. The fourth-order valence-corrected chi connectivity index (χ4v) is 2.22. The van der Waals surface area contributed by atoms with Crippen molar-refractivity contribution in [1.29, 1.82) is 0 Å². The molecule has 1 atom stereocenters. The van der Waals surface area contributed by atoms with E-state index in [1.54, 1.807) is 6.07 Å². The van der Waals surface area contributed by atoms with Crippen LogP contribution in [-0.2, 0) is 6.54 Å². The van der Waals surface area contributed by atoms with E-state index in [-0.39, 0.29) is 5.92 Å². The molecule has 0 amide bonds. The Kier molecular flexibility index (Phi) is 6.36. The second-order valence-electron chi connectivity index (χ2n) is 4.37. The summed E-state index contributed by atoms with van der Waals surface area (Å²) >= 11 is 17.0. The molecular formula is C13H18Cl2N2S. The Morgan fingerprint density at radius 1 is 1.44 bits per heavy atom. The van der Waals surface area contributed by atoms with Gasteiger partial charge in [-0.3, -0.25) is 4.90 Å². The molecule has 0 saturated carbocycles. The molecule has 0 bridgehead atoms. The van der Waals surface area contributed by atoms with Crippen LogP contribution in [0.3, 0.4) is 0 Å². The zero-order chi connectivity index (χ0) is 13.7. The molecule has 0 aliphatic heterocycles. The predicted octanol–water partition coefficient (Wildman–Crippen LogP) is 3.74. The standard InChI is InChI=1S/C13H18Cl2N2S/c1-3-17(7-9(2)13(16)18)8-10-4-5-11(14)6-12(10)15/h4-6,9H,3,7-8H2,1-2H3,(H2,16,18). The molecule has 0 heterocycles. The molecule has 1 rings (SSSR count). The van der Waals surface area contributed by atoms with Crippen LogP contribution in [0.25, 0.3) is 0 Å². The summed E-state index contributed by atoms with van der Waals surface area (Å²) in [6.45, 7) is 6.68. The molecule has 0 fully saturated rings. The number of rotatable bonds is 6. The molecule has 5 heteroatoms. The van der Waals surface area contributed by atoms with Crippen molar-refractivity contribution >= 4 is 40.4 Å². The van der Waals surface area contributed by atoms with Crippen molar-refractivity contribution in [2.45, 2.75) is 20.4 Å². The van der Waals surface area contributed by atoms with Gasteiger partial charge in [-0.1, -0.05) is 55.3 Å². The highest BCUT2D eigenvalue weighted by Crippen LogP contribution is 2.22. The maximum atomic E-state index is 6.17. The molecule has 0 aliphatic rings. The Bertz CT molecular complexity index is 423. The first-order valence-corrected chi connectivity index (χ1v) is 7.06. The minimum atomic E-state index is 0.200. The van der Waals surface area contributed by atoms with Gasteiger partial charge in [0.05, 0.1) is 4.99 Å². The Balaban J connectivity index is 2.70. The van der Waals surface area contributed by atoms with Crippen LogP contribution < -0.4 is 5.73 Å². The number of benzene rings is 1. The highest BCUT2D eigenvalue weighted by molar-refractivity contribution is 7.80. The highest BCUT2D eigenvalue weighted by Gasteiger charge is 2.12. The number of hydrogen-bond acceptors (Lipinski definition) is 2. The lowest BCUT2D eigenvalue weighted by atomic mass is 10.1. The highest BCUT2D eigenvalue weighted by atomic mass is 35.5. The van der Waals surface area contributed by atoms with Crippen molar-refractivity contribution < 1.29 is 0 Å². The first kappa shape index (κ1) is 15.7. The lowest BCUT2D eigenvalue weighted by molar-refractivity contribution is 0.264. The molecule has 0 aromatic heterocycles. The van der Waals surface area contributed by atoms with Crippen LogP contribution in [0, 0.1) is 5.92 Å². The summed E-state index contributed by atoms with van der Waals surface area (Å²) in [5.74, 6) is 0.200. The number of hydrogen-bond donors (Lipinski definition) is 1. The van der Waals surface area contributed by atoms with Gasteiger partial charge in [-0.05, 0) is 24.2 Å². The van der Waals surface area contributed by atoms with E-state index in [4.69, 9.17) is 41.2 Å². The molecule has 0 saturated heterocycles. The smallest absolute Gasteiger partial charge is 0.0768 e. The van der Waals surface area contributed by atoms with E-state index in [2.05, 4.69) is 11.8 Å². The minimum absolute atomic E-state index is 0.200. The van der Waals surface area contributed by atoms with E-state index in [9.17, 15) is 0 Å². The van der Waals surface area contributed by atoms with Crippen LogP contribution in [0.5, 0.6) is 0 Å². The summed E-state index contributed by atoms with van der Waals surface area (Å²) in [6.07, 6.45) is 0. The van der Waals surface area contributed by atoms with Gasteiger partial charge < -0.3 is 5.73 Å². The fourth-order valence-electron chi connectivity index (χ4n) is 1.67. The van der Waals surface area contributed by atoms with Crippen molar-refractivity contribution in [3.05, 3.63) is 33.8 Å². The number of nitrogens with two attached hydrogens (primary N) is 1. The molecular weight excluding hydrogens is 287 g/mol. The predicted molar refractivity (Wildman–Crippen MR) is 83.4 cm³/mol. The lowest BCUT2D eigenvalue weighted by Gasteiger charge is -2.24. The second kappa shape index (κ2) is 7.29. The topological polar surface area (TPSA) is 29.3 Å². The van der Waals surface area contributed by atoms with Crippen molar-refractivity contribution in [3.63, 3.8) is 0 Å². The van der Waals surface area contributed by atoms with E-state index in [1.807, 2.05) is 19.1 Å². The zero-order valence-corrected chi connectivity index (χ0v) is 12.9. The third-order valence-electron chi connectivity index (χ3n) is 2.87. The molecule has 0 aliphatic carbocycles. The normalized spacial score (nSPS) is 12.7. The van der Waals surface area contributed by atoms with E-state index in [0.717, 1.165) is 25.2 Å². The number of thiocarbonyl (C=S) groups is 1. The third-order valence-corrected chi connectivity index (χ3v) is 3.86. The Morgan fingerprint density at radius 3 is 2.61 bits per heavy atom. The van der Waals surface area contributed by atoms with E-state index in [1.165, 1.54) is 0 Å². The second-order valence-corrected chi connectivity index (χ2v) is 5.68. The Hall–Kier alpha value is -0.350. The fraction of sp³-hybridized carbons (Fsp3) is 0.462. The molecule has 2 nitrogen and oxygen atoms in total. The molecule has 1 aromatic carbocycles. The average Bonchev–Trinajstić information content (AvgIpc) is 2.31. The average molecular weight is 305 g/mol. The van der Waals surface area contributed by atoms with Crippen LogP contribution in [0.15, 0.2) is 18.2 Å². The van der Waals surface area contributed by atoms with Crippen molar-refractivity contribution in [2.75, 3.05) is 13.1 Å². The van der Waals surface area contributed by atoms with Crippen LogP contribution >= 0.6 is 35.4 Å². The van der Waals surface area contributed by atoms with Crippen molar-refractivity contribution in [1.82, 2.24) is 4.90 Å². The first-order valence-electron chi connectivity index (χ1n) is 5.89. The number of nitrogens with zero attached hydrogens (tertiary/aromatic N) is 1. The first-order chi connectivity index (χ1) is 8.43. The van der Waals surface area contributed by atoms with Gasteiger partial charge >= 0.3 is 0 Å². The summed E-state index contributed by atoms with van der Waals surface area (Å²) < 4.78 is 0. The van der Waals surface area contributed by atoms with Gasteiger partial charge in [-0.25, -0.2) is 0 Å². The van der Waals surface area contributed by atoms with Crippen LogP contribution in [0.1, 0.15) is 19.4 Å². The monoisotopic (exact) mass is 304 g/mol. The SMILES string of the molecule is CCN(Cc1ccc(Cl)cc1Cl)CC(C)C(N)=S. The van der Waals surface area contributed by atoms with Crippen molar-refractivity contribution in [2.24, 2.45) is 11.7 Å². The van der Waals surface area contributed by atoms with Crippen LogP contribution in [-0.4, -0.2) is 23.0 Å². The quantitative estimate of drug-likeness (QED) is 0.812. The van der Waals surface area contributed by atoms with E-state index in [0.29, 0.717) is 15.0 Å². The summed E-state index contributed by atoms with van der Waals surface area (Å²) in [5, 5.41) is 1.35. The molecule has 2 N–H and O–H groups in total. The van der Waals surface area contributed by atoms with Gasteiger partial charge in [0.15, 0.2) is 0 Å². The van der Waals surface area contributed by atoms with Gasteiger partial charge in [0.25, 0.3) is 0 Å². The molecule has 1 unspecified atom stereocenters. The van der Waals surface area contributed by atoms with E-state index < -0.39 is 0 Å². The lowest BCUT2D eigenvalue weighted by Crippen LogP contribution is -2.33. The van der Waals surface area contributed by atoms with Crippen LogP contribution in [0.2, 0.25) is 10.0 Å². The molecule has 18 heavy (non-hydrogen) atoms. The summed E-state index contributed by atoms with van der Waals surface area (Å²) in [7, 11) is 0. The summed E-state index contributed by atoms with van der Waals surface area (Å²) in [4.78, 5) is 2.81. The Labute approximate surface area is 124 Å². The van der Waals surface area contributed by atoms with Gasteiger partial charge in [0.2, 0.25) is 0 Å². The maximum absolute atomic E-state index is 6.17. The third kappa shape index (κ3) is 4.73. The summed E-state index contributed by atoms with van der Waals surface area (Å²) in [5.41, 5.74) is 6.71. The minimum Gasteiger partial charge on any atom is -0.393 e. The zero-order valence-electron chi connectivity index (χ0n) is 10.6. The molecule has 0 spiro atoms. The van der Waals surface area contributed by atoms with Gasteiger partial charge in [-0.2, -0.15) is 0 Å². The van der Waals surface area contributed by atoms with Gasteiger partial charge in [-0.15, -0.1) is 0 Å². The largest absolute Gasteiger partial charge is 0.393 e. The molecule has 100 valence electrons. The Morgan fingerprint density at radius 2 is 2.11 bits per heavy atom. The number of halogens is 2. The maximum Gasteiger partial charge on any atom is 0.0768 e. The molecule has 1 aromatic rings. The van der Waals surface area contributed by atoms with Gasteiger partial charge in [0.1, 0.15) is 0 Å².